The summed E-state index contributed by atoms with van der Waals surface area (Å²) in [6.07, 6.45) is 6.90. The molecule has 2 aromatic carbocycles. The Morgan fingerprint density at radius 3 is 2.47 bits per heavy atom. The maximum atomic E-state index is 6.73. The first kappa shape index (κ1) is 21.3. The number of nitrogens with one attached hydrogen (secondary N) is 1. The highest BCUT2D eigenvalue weighted by Gasteiger charge is 2.21. The van der Waals surface area contributed by atoms with Gasteiger partial charge in [-0.3, -0.25) is 0 Å². The minimum atomic E-state index is -0.180. The van der Waals surface area contributed by atoms with Gasteiger partial charge in [-0.1, -0.05) is 85.3 Å². The van der Waals surface area contributed by atoms with Gasteiger partial charge in [0.25, 0.3) is 0 Å². The van der Waals surface area contributed by atoms with Crippen molar-refractivity contribution in [2.45, 2.75) is 54.6 Å². The smallest absolute Gasteiger partial charge is 0.191 e. The van der Waals surface area contributed by atoms with E-state index in [9.17, 15) is 0 Å². The Morgan fingerprint density at radius 2 is 1.72 bits per heavy atom. The van der Waals surface area contributed by atoms with Gasteiger partial charge in [-0.05, 0) is 24.0 Å². The van der Waals surface area contributed by atoms with E-state index < -0.39 is 0 Å². The van der Waals surface area contributed by atoms with Gasteiger partial charge in [-0.25, -0.2) is 14.6 Å². The van der Waals surface area contributed by atoms with Crippen LogP contribution in [0.1, 0.15) is 42.2 Å². The number of fused-ring (bicyclic) bond motifs is 1. The number of rotatable bonds is 8. The van der Waals surface area contributed by atoms with Crippen molar-refractivity contribution in [1.82, 2.24) is 19.7 Å². The third-order valence-electron chi connectivity index (χ3n) is 5.85. The minimum Gasteiger partial charge on any atom is -0.365 e. The van der Waals surface area contributed by atoms with Crippen LogP contribution in [0.2, 0.25) is 0 Å². The van der Waals surface area contributed by atoms with E-state index in [1.165, 1.54) is 31.2 Å². The first-order chi connectivity index (χ1) is 15.8. The predicted octanol–water partition coefficient (Wildman–Crippen LogP) is 6.45. The Balaban J connectivity index is 1.45. The zero-order valence-corrected chi connectivity index (χ0v) is 19.4. The molecule has 1 aliphatic rings. The van der Waals surface area contributed by atoms with Crippen LogP contribution in [0, 0.1) is 0 Å². The van der Waals surface area contributed by atoms with Gasteiger partial charge >= 0.3 is 0 Å². The summed E-state index contributed by atoms with van der Waals surface area (Å²) in [6, 6.07) is 20.5. The second kappa shape index (κ2) is 9.92. The average Bonchev–Trinajstić information content (AvgIpc) is 3.49. The summed E-state index contributed by atoms with van der Waals surface area (Å²) in [4.78, 5) is 9.80. The van der Waals surface area contributed by atoms with Crippen LogP contribution in [0.5, 0.6) is 0 Å². The van der Waals surface area contributed by atoms with Crippen molar-refractivity contribution in [2.75, 3.05) is 5.32 Å². The molecule has 0 spiro atoms. The highest BCUT2D eigenvalue weighted by molar-refractivity contribution is 7.99. The summed E-state index contributed by atoms with van der Waals surface area (Å²) in [7, 11) is 0. The van der Waals surface area contributed by atoms with Crippen LogP contribution < -0.4 is 5.32 Å². The van der Waals surface area contributed by atoms with Crippen molar-refractivity contribution < 1.29 is 0 Å². The van der Waals surface area contributed by atoms with Crippen molar-refractivity contribution in [3.63, 3.8) is 0 Å². The van der Waals surface area contributed by atoms with Gasteiger partial charge in [-0.2, -0.15) is 5.10 Å². The van der Waals surface area contributed by atoms with Gasteiger partial charge in [0, 0.05) is 11.8 Å². The lowest BCUT2D eigenvalue weighted by molar-refractivity contribution is 0.613. The number of alkyl halides is 1. The largest absolute Gasteiger partial charge is 0.365 e. The lowest BCUT2D eigenvalue weighted by atomic mass is 10.1. The van der Waals surface area contributed by atoms with Gasteiger partial charge in [0.2, 0.25) is 0 Å². The summed E-state index contributed by atoms with van der Waals surface area (Å²) in [5.41, 5.74) is 3.12. The zero-order chi connectivity index (χ0) is 21.8. The molecule has 5 nitrogen and oxygen atoms in total. The molecular formula is C25H26ClN5S. The number of halogens is 1. The van der Waals surface area contributed by atoms with E-state index in [1.54, 1.807) is 11.8 Å². The average molecular weight is 464 g/mol. The normalized spacial score (nSPS) is 15.3. The van der Waals surface area contributed by atoms with Gasteiger partial charge < -0.3 is 5.32 Å². The van der Waals surface area contributed by atoms with Crippen molar-refractivity contribution in [3.8, 4) is 0 Å². The molecule has 164 valence electrons. The molecule has 1 fully saturated rings. The monoisotopic (exact) mass is 463 g/mol. The van der Waals surface area contributed by atoms with Gasteiger partial charge in [-0.15, -0.1) is 11.6 Å². The van der Waals surface area contributed by atoms with Crippen LogP contribution in [0.4, 0.5) is 5.82 Å². The summed E-state index contributed by atoms with van der Waals surface area (Å²) >= 11 is 8.52. The maximum Gasteiger partial charge on any atom is 0.191 e. The molecule has 2 heterocycles. The van der Waals surface area contributed by atoms with Gasteiger partial charge in [0.05, 0.1) is 23.5 Å². The van der Waals surface area contributed by atoms with E-state index in [4.69, 9.17) is 21.6 Å². The van der Waals surface area contributed by atoms with E-state index in [0.717, 1.165) is 27.6 Å². The van der Waals surface area contributed by atoms with E-state index in [0.29, 0.717) is 18.3 Å². The van der Waals surface area contributed by atoms with Crippen LogP contribution in [-0.2, 0) is 13.1 Å². The fourth-order valence-electron chi connectivity index (χ4n) is 4.11. The Labute approximate surface area is 197 Å². The molecule has 4 aromatic rings. The maximum absolute atomic E-state index is 6.73. The quantitative estimate of drug-likeness (QED) is 0.240. The Hall–Kier alpha value is -2.57. The summed E-state index contributed by atoms with van der Waals surface area (Å²) in [5.74, 6) is 0.830. The highest BCUT2D eigenvalue weighted by Crippen LogP contribution is 2.35. The number of thioether (sulfide) groups is 1. The molecule has 32 heavy (non-hydrogen) atoms. The SMILES string of the molecule is ClC(Cn1ncc2c(NCc3ccccc3)nc(SC3CCCC3)nc21)c1ccccc1. The molecule has 2 aromatic heterocycles. The third-order valence-corrected chi connectivity index (χ3v) is 7.44. The number of hydrogen-bond donors (Lipinski definition) is 1. The summed E-state index contributed by atoms with van der Waals surface area (Å²) < 4.78 is 1.91. The van der Waals surface area contributed by atoms with E-state index >= 15 is 0 Å². The number of nitrogens with zero attached hydrogens (tertiary/aromatic N) is 4. The number of anilines is 1. The topological polar surface area (TPSA) is 55.6 Å². The molecule has 0 aliphatic heterocycles. The lowest BCUT2D eigenvalue weighted by Crippen LogP contribution is -2.09. The van der Waals surface area contributed by atoms with Crippen LogP contribution in [0.15, 0.2) is 72.0 Å². The van der Waals surface area contributed by atoms with Crippen molar-refractivity contribution in [2.24, 2.45) is 0 Å². The fraction of sp³-hybridized carbons (Fsp3) is 0.320. The Kier molecular flexibility index (Phi) is 6.60. The first-order valence-corrected chi connectivity index (χ1v) is 12.4. The van der Waals surface area contributed by atoms with Crippen LogP contribution in [-0.4, -0.2) is 25.0 Å². The number of aromatic nitrogens is 4. The molecule has 1 N–H and O–H groups in total. The Bertz CT molecular complexity index is 1160. The number of benzene rings is 2. The van der Waals surface area contributed by atoms with Crippen molar-refractivity contribution in [3.05, 3.63) is 78.0 Å². The van der Waals surface area contributed by atoms with E-state index in [2.05, 4.69) is 34.7 Å². The van der Waals surface area contributed by atoms with Crippen LogP contribution in [0.25, 0.3) is 11.0 Å². The molecule has 7 heteroatoms. The van der Waals surface area contributed by atoms with Crippen molar-refractivity contribution in [1.29, 1.82) is 0 Å². The summed E-state index contributed by atoms with van der Waals surface area (Å²) in [5, 5.41) is 10.3. The third kappa shape index (κ3) is 4.92. The summed E-state index contributed by atoms with van der Waals surface area (Å²) in [6.45, 7) is 1.26. The molecule has 5 rings (SSSR count). The molecule has 0 radical (unpaired) electrons. The van der Waals surface area contributed by atoms with Crippen LogP contribution in [0.3, 0.4) is 0 Å². The van der Waals surface area contributed by atoms with E-state index in [1.807, 2.05) is 47.3 Å². The molecule has 1 unspecified atom stereocenters. The number of hydrogen-bond acceptors (Lipinski definition) is 5. The van der Waals surface area contributed by atoms with Gasteiger partial charge in [0.15, 0.2) is 10.8 Å². The molecule has 1 atom stereocenters. The van der Waals surface area contributed by atoms with E-state index in [-0.39, 0.29) is 5.38 Å². The minimum absolute atomic E-state index is 0.180. The van der Waals surface area contributed by atoms with Crippen LogP contribution >= 0.6 is 23.4 Å². The standard InChI is InChI=1S/C25H26ClN5S/c26-22(19-11-5-2-6-12-19)17-31-24-21(16-28-31)23(27-15-18-9-3-1-4-10-18)29-25(30-24)32-20-13-7-8-14-20/h1-6,9-12,16,20,22H,7-8,13-15,17H2,(H,27,29,30). The molecule has 1 aliphatic carbocycles. The lowest BCUT2D eigenvalue weighted by Gasteiger charge is -2.13. The second-order valence-corrected chi connectivity index (χ2v) is 9.95. The van der Waals surface area contributed by atoms with Crippen molar-refractivity contribution >= 4 is 40.2 Å². The molecule has 0 amide bonds. The Morgan fingerprint density at radius 1 is 1.00 bits per heavy atom. The fourth-order valence-corrected chi connectivity index (χ4v) is 5.54. The predicted molar refractivity (Wildman–Crippen MR) is 132 cm³/mol. The first-order valence-electron chi connectivity index (χ1n) is 11.1. The molecular weight excluding hydrogens is 438 g/mol. The van der Waals surface area contributed by atoms with Gasteiger partial charge in [0.1, 0.15) is 5.82 Å². The zero-order valence-electron chi connectivity index (χ0n) is 17.8. The molecule has 0 saturated heterocycles. The molecule has 1 saturated carbocycles. The second-order valence-electron chi connectivity index (χ2n) is 8.16. The highest BCUT2D eigenvalue weighted by atomic mass is 35.5. The molecule has 0 bridgehead atoms.